The fourth-order valence-electron chi connectivity index (χ4n) is 1.74. The van der Waals surface area contributed by atoms with Crippen LogP contribution in [0.5, 0.6) is 0 Å². The predicted molar refractivity (Wildman–Crippen MR) is 68.8 cm³/mol. The minimum absolute atomic E-state index is 0.0412. The number of aromatic nitrogens is 2. The summed E-state index contributed by atoms with van der Waals surface area (Å²) in [5.74, 6) is -0.343. The zero-order valence-corrected chi connectivity index (χ0v) is 12.1. The van der Waals surface area contributed by atoms with Gasteiger partial charge in [0.25, 0.3) is 10.0 Å². The largest absolute Gasteiger partial charge is 0.361 e. The summed E-state index contributed by atoms with van der Waals surface area (Å²) in [6, 6.07) is 2.40. The zero-order valence-electron chi connectivity index (χ0n) is 11.3. The molecule has 0 aliphatic rings. The van der Waals surface area contributed by atoms with Crippen molar-refractivity contribution in [3.05, 3.63) is 41.2 Å². The van der Waals surface area contributed by atoms with Crippen molar-refractivity contribution in [2.75, 3.05) is 7.05 Å². The molecule has 0 saturated carbocycles. The molecule has 0 spiro atoms. The maximum Gasteiger partial charge on any atom is 0.263 e. The van der Waals surface area contributed by atoms with E-state index in [1.807, 2.05) is 0 Å². The first kappa shape index (κ1) is 14.6. The molecule has 6 nitrogen and oxygen atoms in total. The molecule has 2 aromatic rings. The molecule has 0 aromatic carbocycles. The Morgan fingerprint density at radius 3 is 2.65 bits per heavy atom. The Morgan fingerprint density at radius 2 is 2.10 bits per heavy atom. The van der Waals surface area contributed by atoms with Crippen LogP contribution < -0.4 is 0 Å². The second-order valence-corrected chi connectivity index (χ2v) is 6.31. The Bertz CT molecular complexity index is 708. The molecule has 0 atom stereocenters. The highest BCUT2D eigenvalue weighted by Crippen LogP contribution is 2.20. The fourth-order valence-corrected chi connectivity index (χ4v) is 2.85. The lowest BCUT2D eigenvalue weighted by Crippen LogP contribution is -2.28. The van der Waals surface area contributed by atoms with E-state index in [9.17, 15) is 12.8 Å². The van der Waals surface area contributed by atoms with Crippen molar-refractivity contribution in [1.29, 1.82) is 0 Å². The van der Waals surface area contributed by atoms with Gasteiger partial charge in [0.05, 0.1) is 5.69 Å². The van der Waals surface area contributed by atoms with Crippen molar-refractivity contribution in [2.45, 2.75) is 25.4 Å². The summed E-state index contributed by atoms with van der Waals surface area (Å²) >= 11 is 0. The van der Waals surface area contributed by atoms with Crippen molar-refractivity contribution >= 4 is 10.0 Å². The van der Waals surface area contributed by atoms with E-state index in [4.69, 9.17) is 4.52 Å². The quantitative estimate of drug-likeness (QED) is 0.858. The monoisotopic (exact) mass is 299 g/mol. The summed E-state index contributed by atoms with van der Waals surface area (Å²) < 4.78 is 44.1. The van der Waals surface area contributed by atoms with Crippen LogP contribution in [0, 0.1) is 19.7 Å². The number of rotatable bonds is 4. The highest BCUT2D eigenvalue weighted by Gasteiger charge is 2.27. The molecule has 108 valence electrons. The molecule has 0 amide bonds. The minimum atomic E-state index is -4.00. The van der Waals surface area contributed by atoms with Crippen LogP contribution in [0.4, 0.5) is 4.39 Å². The summed E-state index contributed by atoms with van der Waals surface area (Å²) in [6.45, 7) is 3.45. The number of hydrogen-bond acceptors (Lipinski definition) is 5. The number of pyridine rings is 1. The van der Waals surface area contributed by atoms with Gasteiger partial charge in [-0.05, 0) is 26.0 Å². The van der Waals surface area contributed by atoms with E-state index in [0.29, 0.717) is 17.0 Å². The highest BCUT2D eigenvalue weighted by molar-refractivity contribution is 7.89. The molecule has 0 N–H and O–H groups in total. The van der Waals surface area contributed by atoms with E-state index >= 15 is 0 Å². The second kappa shape index (κ2) is 5.29. The zero-order chi connectivity index (χ0) is 14.9. The van der Waals surface area contributed by atoms with Gasteiger partial charge in [0, 0.05) is 25.4 Å². The van der Waals surface area contributed by atoms with E-state index in [0.717, 1.165) is 10.4 Å². The minimum Gasteiger partial charge on any atom is -0.361 e. The van der Waals surface area contributed by atoms with Crippen molar-refractivity contribution in [3.63, 3.8) is 0 Å². The molecule has 0 saturated heterocycles. The van der Waals surface area contributed by atoms with Gasteiger partial charge in [0.1, 0.15) is 5.76 Å². The maximum atomic E-state index is 13.6. The van der Waals surface area contributed by atoms with Gasteiger partial charge in [-0.25, -0.2) is 17.8 Å². The van der Waals surface area contributed by atoms with Gasteiger partial charge >= 0.3 is 0 Å². The standard InChI is InChI=1S/C12H14FN3O3S/c1-8-10(9(2)19-15-8)7-16(3)20(17,18)12-11(13)5-4-6-14-12/h4-6H,7H2,1-3H3. The molecule has 2 heterocycles. The summed E-state index contributed by atoms with van der Waals surface area (Å²) in [5, 5.41) is 3.17. The van der Waals surface area contributed by atoms with Crippen LogP contribution in [0.2, 0.25) is 0 Å². The van der Waals surface area contributed by atoms with Crippen LogP contribution in [-0.4, -0.2) is 29.9 Å². The van der Waals surface area contributed by atoms with Crippen LogP contribution in [0.25, 0.3) is 0 Å². The average molecular weight is 299 g/mol. The van der Waals surface area contributed by atoms with Gasteiger partial charge in [-0.2, -0.15) is 4.31 Å². The lowest BCUT2D eigenvalue weighted by atomic mass is 10.2. The maximum absolute atomic E-state index is 13.6. The molecule has 0 radical (unpaired) electrons. The first-order valence-corrected chi connectivity index (χ1v) is 7.26. The predicted octanol–water partition coefficient (Wildman–Crippen LogP) is 1.65. The first-order chi connectivity index (χ1) is 9.34. The van der Waals surface area contributed by atoms with Crippen molar-refractivity contribution < 1.29 is 17.3 Å². The number of halogens is 1. The third-order valence-corrected chi connectivity index (χ3v) is 4.68. The summed E-state index contributed by atoms with van der Waals surface area (Å²) in [7, 11) is -2.64. The Kier molecular flexibility index (Phi) is 3.87. The smallest absolute Gasteiger partial charge is 0.263 e. The number of aryl methyl sites for hydroxylation is 2. The van der Waals surface area contributed by atoms with E-state index in [1.54, 1.807) is 13.8 Å². The molecule has 0 aliphatic carbocycles. The van der Waals surface area contributed by atoms with Gasteiger partial charge in [-0.3, -0.25) is 0 Å². The fraction of sp³-hybridized carbons (Fsp3) is 0.333. The lowest BCUT2D eigenvalue weighted by Gasteiger charge is -2.16. The molecule has 2 aromatic heterocycles. The Hall–Kier alpha value is -1.80. The van der Waals surface area contributed by atoms with Gasteiger partial charge in [0.2, 0.25) is 5.03 Å². The van der Waals surface area contributed by atoms with E-state index < -0.39 is 20.9 Å². The first-order valence-electron chi connectivity index (χ1n) is 5.82. The third kappa shape index (κ3) is 2.56. The molecule has 2 rings (SSSR count). The van der Waals surface area contributed by atoms with E-state index in [-0.39, 0.29) is 6.54 Å². The van der Waals surface area contributed by atoms with Crippen molar-refractivity contribution in [3.8, 4) is 0 Å². The Labute approximate surface area is 116 Å². The van der Waals surface area contributed by atoms with Gasteiger partial charge in [-0.15, -0.1) is 0 Å². The Balaban J connectivity index is 2.34. The van der Waals surface area contributed by atoms with Crippen molar-refractivity contribution in [2.24, 2.45) is 0 Å². The summed E-state index contributed by atoms with van der Waals surface area (Å²) in [4.78, 5) is 3.60. The lowest BCUT2D eigenvalue weighted by molar-refractivity contribution is 0.389. The van der Waals surface area contributed by atoms with Crippen LogP contribution in [-0.2, 0) is 16.6 Å². The van der Waals surface area contributed by atoms with Crippen LogP contribution in [0.3, 0.4) is 0 Å². The number of sulfonamides is 1. The van der Waals surface area contributed by atoms with Gasteiger partial charge in [-0.1, -0.05) is 5.16 Å². The SMILES string of the molecule is Cc1noc(C)c1CN(C)S(=O)(=O)c1ncccc1F. The normalized spacial score (nSPS) is 12.1. The van der Waals surface area contributed by atoms with E-state index in [1.165, 1.54) is 19.3 Å². The van der Waals surface area contributed by atoms with E-state index in [2.05, 4.69) is 10.1 Å². The molecule has 0 unspecified atom stereocenters. The average Bonchev–Trinajstić information content (AvgIpc) is 2.70. The molecular formula is C12H14FN3O3S. The molecular weight excluding hydrogens is 285 g/mol. The Morgan fingerprint density at radius 1 is 1.40 bits per heavy atom. The summed E-state index contributed by atoms with van der Waals surface area (Å²) in [5.41, 5.74) is 1.26. The molecule has 0 bridgehead atoms. The molecule has 8 heteroatoms. The topological polar surface area (TPSA) is 76.3 Å². The van der Waals surface area contributed by atoms with Crippen molar-refractivity contribution in [1.82, 2.24) is 14.4 Å². The molecule has 20 heavy (non-hydrogen) atoms. The number of nitrogens with zero attached hydrogens (tertiary/aromatic N) is 3. The van der Waals surface area contributed by atoms with Crippen LogP contribution in [0.15, 0.2) is 27.9 Å². The van der Waals surface area contributed by atoms with Crippen LogP contribution in [0.1, 0.15) is 17.0 Å². The molecule has 0 aliphatic heterocycles. The highest BCUT2D eigenvalue weighted by atomic mass is 32.2. The number of hydrogen-bond donors (Lipinski definition) is 0. The summed E-state index contributed by atoms with van der Waals surface area (Å²) in [6.07, 6.45) is 1.24. The van der Waals surface area contributed by atoms with Gasteiger partial charge < -0.3 is 4.52 Å². The molecule has 0 fully saturated rings. The van der Waals surface area contributed by atoms with Crippen LogP contribution >= 0.6 is 0 Å². The van der Waals surface area contributed by atoms with Gasteiger partial charge in [0.15, 0.2) is 5.82 Å². The third-order valence-electron chi connectivity index (χ3n) is 2.94. The second-order valence-electron chi connectivity index (χ2n) is 4.35.